The van der Waals surface area contributed by atoms with E-state index in [4.69, 9.17) is 4.74 Å². The predicted molar refractivity (Wildman–Crippen MR) is 57.7 cm³/mol. The zero-order chi connectivity index (χ0) is 12.1. The van der Waals surface area contributed by atoms with Crippen LogP contribution < -0.4 is 56.5 Å². The summed E-state index contributed by atoms with van der Waals surface area (Å²) in [5, 5.41) is 20.4. The second kappa shape index (κ2) is 7.98. The van der Waals surface area contributed by atoms with E-state index in [1.54, 1.807) is 17.1 Å². The summed E-state index contributed by atoms with van der Waals surface area (Å²) in [5.74, 6) is -1.21. The third-order valence-corrected chi connectivity index (χ3v) is 2.36. The van der Waals surface area contributed by atoms with Crippen LogP contribution in [0.2, 0.25) is 0 Å². The molecule has 6 nitrogen and oxygen atoms in total. The molecule has 0 aliphatic carbocycles. The van der Waals surface area contributed by atoms with Gasteiger partial charge in [0.1, 0.15) is 0 Å². The van der Waals surface area contributed by atoms with Crippen molar-refractivity contribution in [2.45, 2.75) is 0 Å². The quantitative estimate of drug-likeness (QED) is 0.446. The van der Waals surface area contributed by atoms with Crippen molar-refractivity contribution in [2.75, 3.05) is 26.3 Å². The number of carboxylic acids is 1. The first-order valence-electron chi connectivity index (χ1n) is 5.31. The van der Waals surface area contributed by atoms with Gasteiger partial charge in [0.05, 0.1) is 38.0 Å². The van der Waals surface area contributed by atoms with Gasteiger partial charge in [-0.2, -0.15) is 0 Å². The number of rotatable bonds is 3. The SMILES string of the molecule is O=C([O-])c1cccc(N=NN2CCOCC2)c1.[K+]. The largest absolute Gasteiger partial charge is 1.00 e. The average molecular weight is 273 g/mol. The minimum absolute atomic E-state index is 0. The van der Waals surface area contributed by atoms with Crippen LogP contribution in [0.15, 0.2) is 34.6 Å². The molecule has 1 aliphatic rings. The van der Waals surface area contributed by atoms with Crippen LogP contribution in [-0.2, 0) is 4.74 Å². The van der Waals surface area contributed by atoms with Crippen LogP contribution in [0.25, 0.3) is 0 Å². The van der Waals surface area contributed by atoms with Crippen LogP contribution in [0.3, 0.4) is 0 Å². The summed E-state index contributed by atoms with van der Waals surface area (Å²) >= 11 is 0. The Hall–Kier alpha value is -0.314. The third kappa shape index (κ3) is 4.75. The van der Waals surface area contributed by atoms with Crippen molar-refractivity contribution in [1.29, 1.82) is 0 Å². The maximum absolute atomic E-state index is 10.6. The fourth-order valence-corrected chi connectivity index (χ4v) is 1.45. The molecular weight excluding hydrogens is 261 g/mol. The molecule has 0 aromatic heterocycles. The number of carbonyl (C=O) groups excluding carboxylic acids is 1. The van der Waals surface area contributed by atoms with E-state index in [1.807, 2.05) is 0 Å². The molecule has 0 atom stereocenters. The van der Waals surface area contributed by atoms with E-state index >= 15 is 0 Å². The van der Waals surface area contributed by atoms with Crippen molar-refractivity contribution < 1.29 is 66.0 Å². The minimum atomic E-state index is -1.21. The van der Waals surface area contributed by atoms with Crippen molar-refractivity contribution in [3.05, 3.63) is 29.8 Å². The minimum Gasteiger partial charge on any atom is -0.545 e. The molecule has 1 saturated heterocycles. The van der Waals surface area contributed by atoms with Crippen molar-refractivity contribution in [1.82, 2.24) is 5.01 Å². The zero-order valence-electron chi connectivity index (χ0n) is 10.2. The van der Waals surface area contributed by atoms with Gasteiger partial charge in [-0.15, -0.1) is 5.11 Å². The van der Waals surface area contributed by atoms with Crippen LogP contribution >= 0.6 is 0 Å². The van der Waals surface area contributed by atoms with Crippen LogP contribution in [-0.4, -0.2) is 37.3 Å². The van der Waals surface area contributed by atoms with Gasteiger partial charge in [-0.25, -0.2) is 0 Å². The number of morpholine rings is 1. The zero-order valence-corrected chi connectivity index (χ0v) is 13.3. The van der Waals surface area contributed by atoms with Gasteiger partial charge in [0.15, 0.2) is 0 Å². The van der Waals surface area contributed by atoms with Gasteiger partial charge in [0.25, 0.3) is 0 Å². The molecule has 0 amide bonds. The molecule has 0 spiro atoms. The molecular formula is C11H12KN3O3. The molecule has 1 fully saturated rings. The van der Waals surface area contributed by atoms with E-state index in [9.17, 15) is 9.90 Å². The van der Waals surface area contributed by atoms with Crippen molar-refractivity contribution >= 4 is 11.7 Å². The van der Waals surface area contributed by atoms with Gasteiger partial charge in [0.2, 0.25) is 0 Å². The molecule has 0 N–H and O–H groups in total. The molecule has 1 aliphatic heterocycles. The van der Waals surface area contributed by atoms with Gasteiger partial charge < -0.3 is 14.6 Å². The van der Waals surface area contributed by atoms with Gasteiger partial charge >= 0.3 is 51.4 Å². The summed E-state index contributed by atoms with van der Waals surface area (Å²) in [6.07, 6.45) is 0. The summed E-state index contributed by atoms with van der Waals surface area (Å²) in [4.78, 5) is 10.6. The van der Waals surface area contributed by atoms with Crippen molar-refractivity contribution in [3.63, 3.8) is 0 Å². The molecule has 0 bridgehead atoms. The van der Waals surface area contributed by atoms with Gasteiger partial charge in [0, 0.05) is 0 Å². The molecule has 1 aromatic carbocycles. The normalized spacial score (nSPS) is 15.4. The molecule has 1 aromatic rings. The van der Waals surface area contributed by atoms with E-state index < -0.39 is 5.97 Å². The van der Waals surface area contributed by atoms with Crippen LogP contribution in [0.5, 0.6) is 0 Å². The Labute approximate surface area is 147 Å². The number of hydrogen-bond acceptors (Lipinski definition) is 5. The second-order valence-electron chi connectivity index (χ2n) is 3.59. The standard InChI is InChI=1S/C11H13N3O3.K/c15-11(16)9-2-1-3-10(8-9)12-13-14-4-6-17-7-5-14;/h1-3,8H,4-7H2,(H,15,16);/q;+1/p-1. The van der Waals surface area contributed by atoms with E-state index in [-0.39, 0.29) is 56.9 Å². The number of aromatic carboxylic acids is 1. The van der Waals surface area contributed by atoms with Crippen LogP contribution in [0.1, 0.15) is 10.4 Å². The van der Waals surface area contributed by atoms with Crippen molar-refractivity contribution in [3.8, 4) is 0 Å². The molecule has 0 radical (unpaired) electrons. The summed E-state index contributed by atoms with van der Waals surface area (Å²) in [5.41, 5.74) is 0.599. The van der Waals surface area contributed by atoms with E-state index in [0.717, 1.165) is 0 Å². The molecule has 1 heterocycles. The Morgan fingerprint density at radius 2 is 2.06 bits per heavy atom. The molecule has 90 valence electrons. The smallest absolute Gasteiger partial charge is 0.545 e. The van der Waals surface area contributed by atoms with Crippen molar-refractivity contribution in [2.24, 2.45) is 10.3 Å². The number of nitrogens with zero attached hydrogens (tertiary/aromatic N) is 3. The number of carbonyl (C=O) groups is 1. The second-order valence-corrected chi connectivity index (χ2v) is 3.59. The third-order valence-electron chi connectivity index (χ3n) is 2.36. The first-order valence-corrected chi connectivity index (χ1v) is 5.31. The summed E-state index contributed by atoms with van der Waals surface area (Å²) in [6.45, 7) is 2.67. The van der Waals surface area contributed by atoms with Crippen LogP contribution in [0.4, 0.5) is 5.69 Å². The maximum Gasteiger partial charge on any atom is 1.00 e. The molecule has 0 unspecified atom stereocenters. The van der Waals surface area contributed by atoms with Gasteiger partial charge in [-0.1, -0.05) is 17.4 Å². The number of hydrogen-bond donors (Lipinski definition) is 0. The average Bonchev–Trinajstić information content (AvgIpc) is 2.38. The fourth-order valence-electron chi connectivity index (χ4n) is 1.45. The molecule has 0 saturated carbocycles. The summed E-state index contributed by atoms with van der Waals surface area (Å²) in [6, 6.07) is 6.19. The van der Waals surface area contributed by atoms with E-state index in [2.05, 4.69) is 10.3 Å². The fraction of sp³-hybridized carbons (Fsp3) is 0.364. The number of benzene rings is 1. The topological polar surface area (TPSA) is 77.3 Å². The predicted octanol–water partition coefficient (Wildman–Crippen LogP) is -2.61. The maximum atomic E-state index is 10.6. The Morgan fingerprint density at radius 1 is 1.33 bits per heavy atom. The Morgan fingerprint density at radius 3 is 2.72 bits per heavy atom. The Balaban J connectivity index is 0.00000162. The first kappa shape index (κ1) is 15.7. The van der Waals surface area contributed by atoms with Gasteiger partial charge in [-0.05, 0) is 17.7 Å². The molecule has 2 rings (SSSR count). The van der Waals surface area contributed by atoms with E-state index in [1.165, 1.54) is 12.1 Å². The number of carboxylic acid groups (broad SMARTS) is 1. The van der Waals surface area contributed by atoms with E-state index in [0.29, 0.717) is 32.0 Å². The van der Waals surface area contributed by atoms with Crippen LogP contribution in [0, 0.1) is 0 Å². The number of ether oxygens (including phenoxy) is 1. The molecule has 18 heavy (non-hydrogen) atoms. The van der Waals surface area contributed by atoms with Gasteiger partial charge in [-0.3, -0.25) is 5.01 Å². The monoisotopic (exact) mass is 273 g/mol. The first-order chi connectivity index (χ1) is 8.25. The summed E-state index contributed by atoms with van der Waals surface area (Å²) < 4.78 is 5.17. The Kier molecular flexibility index (Phi) is 6.98. The molecule has 7 heteroatoms. The Bertz CT molecular complexity index is 433. The summed E-state index contributed by atoms with van der Waals surface area (Å²) in [7, 11) is 0.